The van der Waals surface area contributed by atoms with Crippen molar-refractivity contribution in [3.05, 3.63) is 132 Å². The number of hydrogen-bond donors (Lipinski definition) is 0. The van der Waals surface area contributed by atoms with Crippen LogP contribution in [0.15, 0.2) is 99.9 Å². The molecule has 2 heterocycles. The van der Waals surface area contributed by atoms with Crippen LogP contribution < -0.4 is 19.6 Å². The number of aromatic nitrogens is 1. The number of hydrogen-bond acceptors (Lipinski definition) is 6. The summed E-state index contributed by atoms with van der Waals surface area (Å²) in [6.45, 7) is 5.83. The van der Waals surface area contributed by atoms with Crippen molar-refractivity contribution in [1.29, 1.82) is 0 Å². The molecule has 6 nitrogen and oxygen atoms in total. The Kier molecular flexibility index (Phi) is 7.82. The van der Waals surface area contributed by atoms with Crippen molar-refractivity contribution in [3.8, 4) is 5.75 Å². The Morgan fingerprint density at radius 2 is 1.74 bits per heavy atom. The van der Waals surface area contributed by atoms with Gasteiger partial charge in [-0.2, -0.15) is 0 Å². The molecule has 0 saturated heterocycles. The van der Waals surface area contributed by atoms with Crippen LogP contribution in [0, 0.1) is 0 Å². The van der Waals surface area contributed by atoms with E-state index >= 15 is 0 Å². The van der Waals surface area contributed by atoms with E-state index in [1.165, 1.54) is 11.3 Å². The standard InChI is InChI=1S/C31H27ClN2O4S/c1-19(2)38-30(36)27-20(3)33-31-34(28(27)23-11-13-24(32)14-12-23)29(35)26(39-31)17-21-9-15-25(16-10-21)37-18-22-7-5-4-6-8-22/h4-17,19,28H,18H2,1-3H3/b26-17-. The summed E-state index contributed by atoms with van der Waals surface area (Å²) in [6, 6.07) is 24.0. The second-order valence-electron chi connectivity index (χ2n) is 9.43. The van der Waals surface area contributed by atoms with Crippen molar-refractivity contribution >= 4 is 35.0 Å². The van der Waals surface area contributed by atoms with Gasteiger partial charge in [0, 0.05) is 5.02 Å². The van der Waals surface area contributed by atoms with Crippen LogP contribution in [-0.2, 0) is 16.1 Å². The van der Waals surface area contributed by atoms with E-state index in [-0.39, 0.29) is 11.7 Å². The lowest BCUT2D eigenvalue weighted by atomic mass is 9.96. The van der Waals surface area contributed by atoms with Crippen molar-refractivity contribution in [2.75, 3.05) is 0 Å². The van der Waals surface area contributed by atoms with Gasteiger partial charge in [-0.1, -0.05) is 77.5 Å². The van der Waals surface area contributed by atoms with Gasteiger partial charge in [-0.3, -0.25) is 9.36 Å². The van der Waals surface area contributed by atoms with Crippen LogP contribution in [0.2, 0.25) is 5.02 Å². The number of benzene rings is 3. The molecule has 39 heavy (non-hydrogen) atoms. The van der Waals surface area contributed by atoms with Gasteiger partial charge in [0.2, 0.25) is 0 Å². The molecule has 0 aliphatic carbocycles. The van der Waals surface area contributed by atoms with Gasteiger partial charge in [-0.05, 0) is 67.8 Å². The fourth-order valence-electron chi connectivity index (χ4n) is 4.37. The van der Waals surface area contributed by atoms with E-state index in [1.807, 2.05) is 72.8 Å². The van der Waals surface area contributed by atoms with Gasteiger partial charge in [0.1, 0.15) is 12.4 Å². The van der Waals surface area contributed by atoms with Gasteiger partial charge in [0.05, 0.1) is 27.9 Å². The second kappa shape index (κ2) is 11.4. The van der Waals surface area contributed by atoms with E-state index in [0.29, 0.717) is 32.2 Å². The summed E-state index contributed by atoms with van der Waals surface area (Å²) < 4.78 is 13.5. The number of ether oxygens (including phenoxy) is 2. The van der Waals surface area contributed by atoms with Gasteiger partial charge >= 0.3 is 5.97 Å². The van der Waals surface area contributed by atoms with Crippen LogP contribution in [0.4, 0.5) is 0 Å². The lowest BCUT2D eigenvalue weighted by Gasteiger charge is -2.25. The number of fused-ring (bicyclic) bond motifs is 1. The lowest BCUT2D eigenvalue weighted by molar-refractivity contribution is -0.143. The summed E-state index contributed by atoms with van der Waals surface area (Å²) in [5.74, 6) is 0.246. The van der Waals surface area contributed by atoms with Crippen LogP contribution >= 0.6 is 22.9 Å². The van der Waals surface area contributed by atoms with Gasteiger partial charge in [-0.25, -0.2) is 9.79 Å². The quantitative estimate of drug-likeness (QED) is 0.284. The van der Waals surface area contributed by atoms with Crippen molar-refractivity contribution in [1.82, 2.24) is 4.57 Å². The lowest BCUT2D eigenvalue weighted by Crippen LogP contribution is -2.40. The minimum atomic E-state index is -0.680. The van der Waals surface area contributed by atoms with Gasteiger partial charge in [0.15, 0.2) is 4.80 Å². The molecular formula is C31H27ClN2O4S. The van der Waals surface area contributed by atoms with Crippen LogP contribution in [0.3, 0.4) is 0 Å². The highest BCUT2D eigenvalue weighted by molar-refractivity contribution is 7.07. The molecule has 198 valence electrons. The fraction of sp³-hybridized carbons (Fsp3) is 0.194. The molecule has 0 N–H and O–H groups in total. The topological polar surface area (TPSA) is 69.9 Å². The number of nitrogens with zero attached hydrogens (tertiary/aromatic N) is 2. The van der Waals surface area contributed by atoms with Crippen LogP contribution in [0.5, 0.6) is 5.75 Å². The monoisotopic (exact) mass is 558 g/mol. The Morgan fingerprint density at radius 1 is 1.05 bits per heavy atom. The zero-order chi connectivity index (χ0) is 27.5. The second-order valence-corrected chi connectivity index (χ2v) is 10.9. The van der Waals surface area contributed by atoms with E-state index in [4.69, 9.17) is 21.1 Å². The number of esters is 1. The number of thiazole rings is 1. The number of carbonyl (C=O) groups excluding carboxylic acids is 1. The molecular weight excluding hydrogens is 532 g/mol. The van der Waals surface area contributed by atoms with Crippen molar-refractivity contribution in [2.24, 2.45) is 4.99 Å². The first-order valence-corrected chi connectivity index (χ1v) is 13.8. The molecule has 5 rings (SSSR count). The zero-order valence-corrected chi connectivity index (χ0v) is 23.3. The summed E-state index contributed by atoms with van der Waals surface area (Å²) in [7, 11) is 0. The molecule has 8 heteroatoms. The van der Waals surface area contributed by atoms with E-state index in [2.05, 4.69) is 4.99 Å². The smallest absolute Gasteiger partial charge is 0.338 e. The van der Waals surface area contributed by atoms with E-state index in [1.54, 1.807) is 37.5 Å². The average molecular weight is 559 g/mol. The van der Waals surface area contributed by atoms with Gasteiger partial charge in [0.25, 0.3) is 5.56 Å². The molecule has 1 atom stereocenters. The molecule has 0 fully saturated rings. The first-order chi connectivity index (χ1) is 18.8. The Labute approximate surface area is 235 Å². The van der Waals surface area contributed by atoms with Crippen LogP contribution in [0.25, 0.3) is 6.08 Å². The van der Waals surface area contributed by atoms with Gasteiger partial charge < -0.3 is 9.47 Å². The summed E-state index contributed by atoms with van der Waals surface area (Å²) in [5, 5.41) is 0.564. The Morgan fingerprint density at radius 3 is 2.41 bits per heavy atom. The molecule has 0 amide bonds. The molecule has 1 aliphatic rings. The molecule has 0 spiro atoms. The van der Waals surface area contributed by atoms with E-state index in [9.17, 15) is 9.59 Å². The fourth-order valence-corrected chi connectivity index (χ4v) is 5.55. The van der Waals surface area contributed by atoms with Gasteiger partial charge in [-0.15, -0.1) is 0 Å². The maximum atomic E-state index is 13.7. The SMILES string of the molecule is CC1=C(C(=O)OC(C)C)C(c2ccc(Cl)cc2)n2c(s/c(=C\c3ccc(OCc4ccccc4)cc3)c2=O)=N1. The first-order valence-electron chi connectivity index (χ1n) is 12.6. The maximum absolute atomic E-state index is 13.7. The van der Waals surface area contributed by atoms with Crippen LogP contribution in [-0.4, -0.2) is 16.6 Å². The molecule has 0 radical (unpaired) electrons. The third kappa shape index (κ3) is 5.90. The number of allylic oxidation sites excluding steroid dienone is 1. The minimum Gasteiger partial charge on any atom is -0.489 e. The minimum absolute atomic E-state index is 0.231. The summed E-state index contributed by atoms with van der Waals surface area (Å²) in [4.78, 5) is 32.1. The molecule has 3 aromatic carbocycles. The van der Waals surface area contributed by atoms with Crippen molar-refractivity contribution < 1.29 is 14.3 Å². The maximum Gasteiger partial charge on any atom is 0.338 e. The zero-order valence-electron chi connectivity index (χ0n) is 21.8. The third-order valence-electron chi connectivity index (χ3n) is 6.20. The van der Waals surface area contributed by atoms with E-state index < -0.39 is 12.0 Å². The Bertz CT molecular complexity index is 1700. The predicted molar refractivity (Wildman–Crippen MR) is 154 cm³/mol. The number of halogens is 1. The largest absolute Gasteiger partial charge is 0.489 e. The summed E-state index contributed by atoms with van der Waals surface area (Å²) >= 11 is 7.42. The Balaban J connectivity index is 1.51. The van der Waals surface area contributed by atoms with Crippen LogP contribution in [0.1, 0.15) is 43.5 Å². The molecule has 0 bridgehead atoms. The molecule has 4 aromatic rings. The number of carbonyl (C=O) groups is 1. The first kappa shape index (κ1) is 26.7. The van der Waals surface area contributed by atoms with E-state index in [0.717, 1.165) is 22.4 Å². The summed E-state index contributed by atoms with van der Waals surface area (Å²) in [5.41, 5.74) is 3.32. The molecule has 0 saturated carbocycles. The predicted octanol–water partition coefficient (Wildman–Crippen LogP) is 5.42. The Hall–Kier alpha value is -3.94. The van der Waals surface area contributed by atoms with Crippen molar-refractivity contribution in [2.45, 2.75) is 39.5 Å². The van der Waals surface area contributed by atoms with Crippen molar-refractivity contribution in [3.63, 3.8) is 0 Å². The molecule has 1 aliphatic heterocycles. The highest BCUT2D eigenvalue weighted by atomic mass is 35.5. The summed E-state index contributed by atoms with van der Waals surface area (Å²) in [6.07, 6.45) is 1.52. The average Bonchev–Trinajstić information content (AvgIpc) is 3.22. The third-order valence-corrected chi connectivity index (χ3v) is 7.43. The molecule has 1 unspecified atom stereocenters. The highest BCUT2D eigenvalue weighted by Crippen LogP contribution is 2.31. The molecule has 1 aromatic heterocycles. The number of rotatable bonds is 7. The highest BCUT2D eigenvalue weighted by Gasteiger charge is 2.33. The normalized spacial score (nSPS) is 15.2.